The van der Waals surface area contributed by atoms with Crippen LogP contribution in [0.3, 0.4) is 0 Å². The van der Waals surface area contributed by atoms with Crippen molar-refractivity contribution in [2.45, 2.75) is 31.7 Å². The second-order valence-corrected chi connectivity index (χ2v) is 6.42. The number of oxazole rings is 1. The van der Waals surface area contributed by atoms with Crippen molar-refractivity contribution in [3.8, 4) is 0 Å². The maximum absolute atomic E-state index is 12.5. The largest absolute Gasteiger partial charge is 0.440 e. The SMILES string of the molecule is Cl.O=C(Nc1ccc2nc(C3CC3)oc2c1)c1n[nH]c2c1CNCC2. The first kappa shape index (κ1) is 16.1. The number of aromatic nitrogens is 3. The maximum atomic E-state index is 12.5. The molecule has 1 amide bonds. The first-order valence-corrected chi connectivity index (χ1v) is 8.26. The average Bonchev–Trinajstić information content (AvgIpc) is 3.21. The second kappa shape index (κ2) is 6.16. The molecule has 0 unspecified atom stereocenters. The number of carbonyl (C=O) groups excluding carboxylic acids is 1. The van der Waals surface area contributed by atoms with Gasteiger partial charge < -0.3 is 15.1 Å². The van der Waals surface area contributed by atoms with E-state index in [1.54, 1.807) is 0 Å². The Morgan fingerprint density at radius 3 is 3.04 bits per heavy atom. The Bertz CT molecular complexity index is 944. The average molecular weight is 360 g/mol. The zero-order valence-electron chi connectivity index (χ0n) is 13.5. The van der Waals surface area contributed by atoms with Crippen LogP contribution >= 0.6 is 12.4 Å². The lowest BCUT2D eigenvalue weighted by Crippen LogP contribution is -2.25. The molecule has 0 spiro atoms. The van der Waals surface area contributed by atoms with Gasteiger partial charge in [0, 0.05) is 48.4 Å². The third-order valence-electron chi connectivity index (χ3n) is 4.61. The molecule has 0 atom stereocenters. The summed E-state index contributed by atoms with van der Waals surface area (Å²) in [6.07, 6.45) is 3.16. The molecule has 8 heteroatoms. The minimum absolute atomic E-state index is 0. The number of halogens is 1. The van der Waals surface area contributed by atoms with E-state index in [1.165, 1.54) is 0 Å². The molecule has 0 saturated heterocycles. The van der Waals surface area contributed by atoms with Gasteiger partial charge in [-0.15, -0.1) is 12.4 Å². The summed E-state index contributed by atoms with van der Waals surface area (Å²) in [5.41, 5.74) is 4.67. The Morgan fingerprint density at radius 1 is 1.32 bits per heavy atom. The predicted octanol–water partition coefficient (Wildman–Crippen LogP) is 2.75. The summed E-state index contributed by atoms with van der Waals surface area (Å²) in [5.74, 6) is 1.07. The fourth-order valence-electron chi connectivity index (χ4n) is 3.13. The van der Waals surface area contributed by atoms with Gasteiger partial charge in [-0.25, -0.2) is 4.98 Å². The highest BCUT2D eigenvalue weighted by molar-refractivity contribution is 6.04. The molecule has 25 heavy (non-hydrogen) atoms. The van der Waals surface area contributed by atoms with E-state index in [2.05, 4.69) is 25.8 Å². The van der Waals surface area contributed by atoms with Crippen molar-refractivity contribution in [3.63, 3.8) is 0 Å². The van der Waals surface area contributed by atoms with E-state index in [-0.39, 0.29) is 18.3 Å². The maximum Gasteiger partial charge on any atom is 0.276 e. The molecule has 1 fully saturated rings. The van der Waals surface area contributed by atoms with Gasteiger partial charge in [-0.1, -0.05) is 0 Å². The molecule has 3 aromatic rings. The lowest BCUT2D eigenvalue weighted by atomic mass is 10.1. The lowest BCUT2D eigenvalue weighted by molar-refractivity contribution is 0.102. The summed E-state index contributed by atoms with van der Waals surface area (Å²) < 4.78 is 5.80. The molecule has 0 radical (unpaired) electrons. The van der Waals surface area contributed by atoms with Gasteiger partial charge in [-0.05, 0) is 25.0 Å². The van der Waals surface area contributed by atoms with E-state index in [0.717, 1.165) is 48.5 Å². The Kier molecular flexibility index (Phi) is 3.97. The molecule has 2 aromatic heterocycles. The predicted molar refractivity (Wildman–Crippen MR) is 95.2 cm³/mol. The van der Waals surface area contributed by atoms with E-state index in [4.69, 9.17) is 4.42 Å². The van der Waals surface area contributed by atoms with Crippen molar-refractivity contribution in [1.82, 2.24) is 20.5 Å². The lowest BCUT2D eigenvalue weighted by Gasteiger charge is -2.12. The number of H-pyrrole nitrogens is 1. The number of hydrogen-bond donors (Lipinski definition) is 3. The quantitative estimate of drug-likeness (QED) is 0.668. The van der Waals surface area contributed by atoms with E-state index in [9.17, 15) is 4.79 Å². The molecule has 130 valence electrons. The summed E-state index contributed by atoms with van der Waals surface area (Å²) in [5, 5.41) is 13.3. The van der Waals surface area contributed by atoms with Gasteiger partial charge in [0.25, 0.3) is 5.91 Å². The number of nitrogens with zero attached hydrogens (tertiary/aromatic N) is 2. The van der Waals surface area contributed by atoms with Crippen LogP contribution in [0.4, 0.5) is 5.69 Å². The van der Waals surface area contributed by atoms with Crippen molar-refractivity contribution in [3.05, 3.63) is 41.0 Å². The zero-order valence-corrected chi connectivity index (χ0v) is 14.3. The molecule has 1 aliphatic carbocycles. The highest BCUT2D eigenvalue weighted by Gasteiger charge is 2.29. The molecule has 2 aliphatic rings. The second-order valence-electron chi connectivity index (χ2n) is 6.42. The zero-order chi connectivity index (χ0) is 16.1. The number of hydrogen-bond acceptors (Lipinski definition) is 5. The number of amides is 1. The van der Waals surface area contributed by atoms with Gasteiger partial charge in [0.2, 0.25) is 0 Å². The number of benzene rings is 1. The van der Waals surface area contributed by atoms with Crippen LogP contribution in [0.15, 0.2) is 22.6 Å². The Hall–Kier alpha value is -2.38. The molecule has 1 aliphatic heterocycles. The third kappa shape index (κ3) is 2.89. The smallest absolute Gasteiger partial charge is 0.276 e. The first-order chi connectivity index (χ1) is 11.8. The van der Waals surface area contributed by atoms with Gasteiger partial charge >= 0.3 is 0 Å². The summed E-state index contributed by atoms with van der Waals surface area (Å²) in [6, 6.07) is 5.54. The Morgan fingerprint density at radius 2 is 2.20 bits per heavy atom. The first-order valence-electron chi connectivity index (χ1n) is 8.26. The van der Waals surface area contributed by atoms with Crippen LogP contribution in [0.25, 0.3) is 11.1 Å². The molecular weight excluding hydrogens is 342 g/mol. The highest BCUT2D eigenvalue weighted by atomic mass is 35.5. The number of rotatable bonds is 3. The van der Waals surface area contributed by atoms with Gasteiger partial charge in [-0.2, -0.15) is 5.10 Å². The minimum atomic E-state index is -0.211. The molecule has 1 aromatic carbocycles. The topological polar surface area (TPSA) is 95.8 Å². The molecular formula is C17H18ClN5O2. The number of anilines is 1. The van der Waals surface area contributed by atoms with Crippen molar-refractivity contribution in [2.24, 2.45) is 0 Å². The summed E-state index contributed by atoms with van der Waals surface area (Å²) >= 11 is 0. The van der Waals surface area contributed by atoms with Crippen LogP contribution in [0.2, 0.25) is 0 Å². The van der Waals surface area contributed by atoms with Gasteiger partial charge in [0.1, 0.15) is 5.52 Å². The molecule has 7 nitrogen and oxygen atoms in total. The summed E-state index contributed by atoms with van der Waals surface area (Å²) in [4.78, 5) is 17.0. The van der Waals surface area contributed by atoms with Gasteiger partial charge in [0.15, 0.2) is 17.2 Å². The number of fused-ring (bicyclic) bond motifs is 2. The molecule has 3 heterocycles. The highest BCUT2D eigenvalue weighted by Crippen LogP contribution is 2.40. The van der Waals surface area contributed by atoms with Crippen molar-refractivity contribution >= 4 is 35.1 Å². The molecule has 1 saturated carbocycles. The summed E-state index contributed by atoms with van der Waals surface area (Å²) in [6.45, 7) is 1.57. The van der Waals surface area contributed by atoms with Crippen molar-refractivity contribution < 1.29 is 9.21 Å². The fourth-order valence-corrected chi connectivity index (χ4v) is 3.13. The Labute approximate surface area is 150 Å². The van der Waals surface area contributed by atoms with E-state index in [0.29, 0.717) is 29.4 Å². The Balaban J connectivity index is 0.00000157. The molecule has 0 bridgehead atoms. The van der Waals surface area contributed by atoms with Crippen LogP contribution in [0.5, 0.6) is 0 Å². The normalized spacial score (nSPS) is 16.3. The van der Waals surface area contributed by atoms with Crippen LogP contribution in [-0.2, 0) is 13.0 Å². The van der Waals surface area contributed by atoms with Crippen LogP contribution in [-0.4, -0.2) is 27.6 Å². The number of carbonyl (C=O) groups is 1. The van der Waals surface area contributed by atoms with E-state index in [1.807, 2.05) is 18.2 Å². The van der Waals surface area contributed by atoms with Crippen molar-refractivity contribution in [2.75, 3.05) is 11.9 Å². The summed E-state index contributed by atoms with van der Waals surface area (Å²) in [7, 11) is 0. The van der Waals surface area contributed by atoms with Crippen LogP contribution < -0.4 is 10.6 Å². The fraction of sp³-hybridized carbons (Fsp3) is 0.353. The van der Waals surface area contributed by atoms with E-state index < -0.39 is 0 Å². The van der Waals surface area contributed by atoms with Crippen LogP contribution in [0.1, 0.15) is 46.4 Å². The minimum Gasteiger partial charge on any atom is -0.440 e. The standard InChI is InChI=1S/C17H17N5O2.ClH/c23-16(15-11-8-18-6-5-12(11)21-22-15)19-10-3-4-13-14(7-10)24-17(20-13)9-1-2-9;/h3-4,7,9,18H,1-2,5-6,8H2,(H,19,23)(H,21,22);1H. The van der Waals surface area contributed by atoms with Gasteiger partial charge in [-0.3, -0.25) is 9.89 Å². The van der Waals surface area contributed by atoms with Crippen molar-refractivity contribution in [1.29, 1.82) is 0 Å². The van der Waals surface area contributed by atoms with Crippen LogP contribution in [0, 0.1) is 0 Å². The number of aromatic amines is 1. The van der Waals surface area contributed by atoms with Gasteiger partial charge in [0.05, 0.1) is 0 Å². The third-order valence-corrected chi connectivity index (χ3v) is 4.61. The number of nitrogens with one attached hydrogen (secondary N) is 3. The monoisotopic (exact) mass is 359 g/mol. The molecule has 5 rings (SSSR count). The van der Waals surface area contributed by atoms with E-state index >= 15 is 0 Å². The molecule has 3 N–H and O–H groups in total.